The molecule has 1 aromatic heterocycles. The summed E-state index contributed by atoms with van der Waals surface area (Å²) in [6.45, 7) is 2.69. The van der Waals surface area contributed by atoms with E-state index in [1.165, 1.54) is 43.4 Å². The van der Waals surface area contributed by atoms with E-state index in [0.717, 1.165) is 11.4 Å². The molecule has 20 heavy (non-hydrogen) atoms. The number of thiazole rings is 1. The van der Waals surface area contributed by atoms with E-state index in [9.17, 15) is 4.79 Å². The zero-order valence-corrected chi connectivity index (χ0v) is 13.6. The molecule has 1 aromatic rings. The Balaban J connectivity index is 0.00000200. The number of rotatable bonds is 5. The van der Waals surface area contributed by atoms with Gasteiger partial charge in [0.15, 0.2) is 0 Å². The van der Waals surface area contributed by atoms with Crippen molar-refractivity contribution < 1.29 is 4.79 Å². The van der Waals surface area contributed by atoms with E-state index in [1.807, 2.05) is 5.38 Å². The minimum Gasteiger partial charge on any atom is -0.348 e. The molecule has 114 valence electrons. The highest BCUT2D eigenvalue weighted by molar-refractivity contribution is 7.09. The lowest BCUT2D eigenvalue weighted by Gasteiger charge is -2.28. The minimum absolute atomic E-state index is 0. The van der Waals surface area contributed by atoms with Crippen LogP contribution in [0.2, 0.25) is 0 Å². The van der Waals surface area contributed by atoms with Gasteiger partial charge in [0.1, 0.15) is 5.69 Å². The molecule has 1 unspecified atom stereocenters. The van der Waals surface area contributed by atoms with Gasteiger partial charge < -0.3 is 11.1 Å². The molecule has 1 aliphatic carbocycles. The molecule has 0 bridgehead atoms. The van der Waals surface area contributed by atoms with E-state index in [4.69, 9.17) is 5.73 Å². The number of hydrogen-bond acceptors (Lipinski definition) is 4. The van der Waals surface area contributed by atoms with Crippen LogP contribution in [0.1, 0.15) is 54.5 Å². The SMILES string of the molecule is CC(NC(=O)c1csc(CCN)n1)C1CCCCC1.Cl. The van der Waals surface area contributed by atoms with E-state index < -0.39 is 0 Å². The van der Waals surface area contributed by atoms with E-state index in [1.54, 1.807) is 0 Å². The third-order valence-electron chi connectivity index (χ3n) is 3.86. The Hall–Kier alpha value is -0.650. The van der Waals surface area contributed by atoms with Crippen molar-refractivity contribution >= 4 is 29.7 Å². The van der Waals surface area contributed by atoms with E-state index in [-0.39, 0.29) is 24.4 Å². The summed E-state index contributed by atoms with van der Waals surface area (Å²) in [6, 6.07) is 0.243. The maximum Gasteiger partial charge on any atom is 0.270 e. The molecule has 4 nitrogen and oxygen atoms in total. The van der Waals surface area contributed by atoms with Crippen molar-refractivity contribution in [1.29, 1.82) is 0 Å². The highest BCUT2D eigenvalue weighted by Gasteiger charge is 2.22. The normalized spacial score (nSPS) is 17.3. The average molecular weight is 318 g/mol. The summed E-state index contributed by atoms with van der Waals surface area (Å²) in [4.78, 5) is 16.4. The summed E-state index contributed by atoms with van der Waals surface area (Å²) in [5, 5.41) is 5.87. The standard InChI is InChI=1S/C14H23N3OS.ClH/c1-10(11-5-3-2-4-6-11)16-14(18)12-9-19-13(17-12)7-8-15;/h9-11H,2-8,15H2,1H3,(H,16,18);1H. The maximum atomic E-state index is 12.1. The average Bonchev–Trinajstić information content (AvgIpc) is 2.89. The molecule has 1 fully saturated rings. The number of carbonyl (C=O) groups excluding carboxylic acids is 1. The fourth-order valence-electron chi connectivity index (χ4n) is 2.69. The highest BCUT2D eigenvalue weighted by atomic mass is 35.5. The number of nitrogens with two attached hydrogens (primary N) is 1. The molecule has 0 spiro atoms. The molecule has 0 aromatic carbocycles. The first-order valence-corrected chi connectivity index (χ1v) is 8.04. The van der Waals surface area contributed by atoms with Gasteiger partial charge in [-0.1, -0.05) is 19.3 Å². The summed E-state index contributed by atoms with van der Waals surface area (Å²) in [5.74, 6) is 0.581. The third kappa shape index (κ3) is 4.72. The number of nitrogens with zero attached hydrogens (tertiary/aromatic N) is 1. The van der Waals surface area contributed by atoms with Crippen LogP contribution in [0.3, 0.4) is 0 Å². The number of halogens is 1. The van der Waals surface area contributed by atoms with Crippen LogP contribution in [0, 0.1) is 5.92 Å². The van der Waals surface area contributed by atoms with E-state index in [0.29, 0.717) is 18.2 Å². The van der Waals surface area contributed by atoms with Crippen LogP contribution in [0.15, 0.2) is 5.38 Å². The van der Waals surface area contributed by atoms with Gasteiger partial charge in [-0.15, -0.1) is 23.7 Å². The zero-order chi connectivity index (χ0) is 13.7. The molecule has 6 heteroatoms. The molecule has 1 saturated carbocycles. The van der Waals surface area contributed by atoms with Crippen molar-refractivity contribution in [2.75, 3.05) is 6.54 Å². The molecule has 2 rings (SSSR count). The van der Waals surface area contributed by atoms with Crippen LogP contribution >= 0.6 is 23.7 Å². The number of carbonyl (C=O) groups is 1. The Bertz CT molecular complexity index is 418. The molecule has 0 aliphatic heterocycles. The van der Waals surface area contributed by atoms with Crippen molar-refractivity contribution in [2.45, 2.75) is 51.5 Å². The van der Waals surface area contributed by atoms with Crippen LogP contribution in [0.4, 0.5) is 0 Å². The number of hydrogen-bond donors (Lipinski definition) is 2. The van der Waals surface area contributed by atoms with Crippen LogP contribution in [-0.4, -0.2) is 23.5 Å². The largest absolute Gasteiger partial charge is 0.348 e. The second-order valence-corrected chi connectivity index (χ2v) is 6.27. The molecule has 1 aliphatic rings. The Morgan fingerprint density at radius 2 is 2.20 bits per heavy atom. The lowest BCUT2D eigenvalue weighted by Crippen LogP contribution is -2.39. The van der Waals surface area contributed by atoms with Crippen LogP contribution in [-0.2, 0) is 6.42 Å². The monoisotopic (exact) mass is 317 g/mol. The van der Waals surface area contributed by atoms with Crippen molar-refractivity contribution in [3.8, 4) is 0 Å². The number of amides is 1. The first-order chi connectivity index (χ1) is 9.20. The van der Waals surface area contributed by atoms with Crippen molar-refractivity contribution in [3.05, 3.63) is 16.1 Å². The smallest absolute Gasteiger partial charge is 0.270 e. The minimum atomic E-state index is -0.0439. The quantitative estimate of drug-likeness (QED) is 0.877. The molecule has 3 N–H and O–H groups in total. The molecule has 0 radical (unpaired) electrons. The fraction of sp³-hybridized carbons (Fsp3) is 0.714. The second kappa shape index (κ2) is 8.60. The summed E-state index contributed by atoms with van der Waals surface area (Å²) in [6.07, 6.45) is 7.14. The lowest BCUT2D eigenvalue weighted by atomic mass is 9.84. The fourth-order valence-corrected chi connectivity index (χ4v) is 3.48. The third-order valence-corrected chi connectivity index (χ3v) is 4.77. The van der Waals surface area contributed by atoms with Gasteiger partial charge in [0.2, 0.25) is 0 Å². The van der Waals surface area contributed by atoms with Gasteiger partial charge in [-0.2, -0.15) is 0 Å². The van der Waals surface area contributed by atoms with Gasteiger partial charge in [-0.3, -0.25) is 4.79 Å². The van der Waals surface area contributed by atoms with Crippen LogP contribution in [0.25, 0.3) is 0 Å². The molecular formula is C14H24ClN3OS. The summed E-state index contributed by atoms with van der Waals surface area (Å²) in [5.41, 5.74) is 6.03. The molecule has 1 heterocycles. The second-order valence-electron chi connectivity index (χ2n) is 5.33. The maximum absolute atomic E-state index is 12.1. The Morgan fingerprint density at radius 3 is 2.85 bits per heavy atom. The first-order valence-electron chi connectivity index (χ1n) is 7.16. The summed E-state index contributed by atoms with van der Waals surface area (Å²) >= 11 is 1.51. The van der Waals surface area contributed by atoms with Gasteiger partial charge in [-0.25, -0.2) is 4.98 Å². The van der Waals surface area contributed by atoms with Crippen molar-refractivity contribution in [3.63, 3.8) is 0 Å². The highest BCUT2D eigenvalue weighted by Crippen LogP contribution is 2.26. The Morgan fingerprint density at radius 1 is 1.50 bits per heavy atom. The number of aromatic nitrogens is 1. The Kier molecular flexibility index (Phi) is 7.48. The van der Waals surface area contributed by atoms with E-state index >= 15 is 0 Å². The zero-order valence-electron chi connectivity index (χ0n) is 11.9. The van der Waals surface area contributed by atoms with Gasteiger partial charge in [-0.05, 0) is 32.2 Å². The predicted molar refractivity (Wildman–Crippen MR) is 85.6 cm³/mol. The molecule has 1 atom stereocenters. The van der Waals surface area contributed by atoms with Gasteiger partial charge >= 0.3 is 0 Å². The molecule has 1 amide bonds. The lowest BCUT2D eigenvalue weighted by molar-refractivity contribution is 0.0914. The van der Waals surface area contributed by atoms with Crippen molar-refractivity contribution in [2.24, 2.45) is 11.7 Å². The van der Waals surface area contributed by atoms with Gasteiger partial charge in [0.25, 0.3) is 5.91 Å². The molecule has 0 saturated heterocycles. The Labute approximate surface area is 131 Å². The topological polar surface area (TPSA) is 68.0 Å². The summed E-state index contributed by atoms with van der Waals surface area (Å²) < 4.78 is 0. The van der Waals surface area contributed by atoms with E-state index in [2.05, 4.69) is 17.2 Å². The summed E-state index contributed by atoms with van der Waals surface area (Å²) in [7, 11) is 0. The van der Waals surface area contributed by atoms with Crippen LogP contribution in [0.5, 0.6) is 0 Å². The predicted octanol–water partition coefficient (Wildman–Crippen LogP) is 2.76. The molecular weight excluding hydrogens is 294 g/mol. The van der Waals surface area contributed by atoms with Crippen molar-refractivity contribution in [1.82, 2.24) is 10.3 Å². The number of nitrogens with one attached hydrogen (secondary N) is 1. The van der Waals surface area contributed by atoms with Crippen LogP contribution < -0.4 is 11.1 Å². The van der Waals surface area contributed by atoms with Gasteiger partial charge in [0.05, 0.1) is 5.01 Å². The van der Waals surface area contributed by atoms with Gasteiger partial charge in [0, 0.05) is 17.8 Å². The first kappa shape index (κ1) is 17.4.